The van der Waals surface area contributed by atoms with Crippen LogP contribution in [0.25, 0.3) is 0 Å². The molecule has 0 aliphatic carbocycles. The van der Waals surface area contributed by atoms with Gasteiger partial charge in [0.15, 0.2) is 0 Å². The lowest BCUT2D eigenvalue weighted by Crippen LogP contribution is -2.06. The van der Waals surface area contributed by atoms with E-state index in [2.05, 4.69) is 0 Å². The van der Waals surface area contributed by atoms with E-state index in [4.69, 9.17) is 4.74 Å². The Morgan fingerprint density at radius 2 is 1.60 bits per heavy atom. The van der Waals surface area contributed by atoms with Gasteiger partial charge in [0, 0.05) is 0 Å². The fraction of sp³-hybridized carbons (Fsp3) is 0.375. The Hall–Kier alpha value is -1.94. The Balaban J connectivity index is 1.85. The van der Waals surface area contributed by atoms with Crippen molar-refractivity contribution in [2.45, 2.75) is 38.0 Å². The lowest BCUT2D eigenvalue weighted by atomic mass is 9.95. The zero-order chi connectivity index (χ0) is 13.9. The molecule has 4 nitrogen and oxygen atoms in total. The van der Waals surface area contributed by atoms with Crippen molar-refractivity contribution in [2.75, 3.05) is 0 Å². The molecule has 4 heteroatoms. The van der Waals surface area contributed by atoms with Gasteiger partial charge >= 0.3 is 0 Å². The molecule has 2 aliphatic heterocycles. The molecule has 0 spiro atoms. The summed E-state index contributed by atoms with van der Waals surface area (Å²) in [6.07, 6.45) is 1.75. The Bertz CT molecular complexity index is 629. The minimum atomic E-state index is -0.110. The average molecular weight is 271 g/mol. The molecule has 3 atom stereocenters. The van der Waals surface area contributed by atoms with E-state index in [-0.39, 0.29) is 30.0 Å². The van der Waals surface area contributed by atoms with Crippen LogP contribution in [0.4, 0.5) is 0 Å². The summed E-state index contributed by atoms with van der Waals surface area (Å²) >= 11 is 0. The third kappa shape index (κ3) is 1.40. The number of nitrogens with zero attached hydrogens (tertiary/aromatic N) is 1. The molecular weight excluding hydrogens is 254 g/mol. The average Bonchev–Trinajstić information content (AvgIpc) is 3.14. The number of fused-ring (bicyclic) bond motifs is 5. The lowest BCUT2D eigenvalue weighted by Gasteiger charge is -2.18. The molecule has 3 heterocycles. The number of aromatic hydroxyl groups is 2. The molecule has 2 aromatic rings. The first kappa shape index (κ1) is 11.9. The summed E-state index contributed by atoms with van der Waals surface area (Å²) in [4.78, 5) is 0. The SMILES string of the molecule is CC(c1ccccc1)n1c(O)c2c(c1O)C1CCC2O1. The topological polar surface area (TPSA) is 54.6 Å². The number of rotatable bonds is 2. The van der Waals surface area contributed by atoms with Crippen molar-refractivity contribution >= 4 is 0 Å². The molecule has 2 aliphatic rings. The van der Waals surface area contributed by atoms with Gasteiger partial charge in [0.2, 0.25) is 11.8 Å². The van der Waals surface area contributed by atoms with Crippen molar-refractivity contribution in [2.24, 2.45) is 0 Å². The zero-order valence-electron chi connectivity index (χ0n) is 11.3. The summed E-state index contributed by atoms with van der Waals surface area (Å²) in [6, 6.07) is 9.77. The molecule has 1 fully saturated rings. The van der Waals surface area contributed by atoms with Crippen molar-refractivity contribution in [3.63, 3.8) is 0 Å². The molecule has 1 saturated heterocycles. The highest BCUT2D eigenvalue weighted by atomic mass is 16.5. The molecular formula is C16H17NO3. The summed E-state index contributed by atoms with van der Waals surface area (Å²) in [7, 11) is 0. The van der Waals surface area contributed by atoms with E-state index in [0.717, 1.165) is 29.5 Å². The molecule has 2 N–H and O–H groups in total. The molecule has 1 aromatic carbocycles. The van der Waals surface area contributed by atoms with Gasteiger partial charge in [-0.3, -0.25) is 4.57 Å². The number of hydrogen-bond donors (Lipinski definition) is 2. The van der Waals surface area contributed by atoms with Gasteiger partial charge in [0.25, 0.3) is 0 Å². The lowest BCUT2D eigenvalue weighted by molar-refractivity contribution is 0.0676. The molecule has 1 aromatic heterocycles. The monoisotopic (exact) mass is 271 g/mol. The third-order valence-electron chi connectivity index (χ3n) is 4.56. The van der Waals surface area contributed by atoms with E-state index in [1.165, 1.54) is 0 Å². The van der Waals surface area contributed by atoms with Crippen LogP contribution in [-0.4, -0.2) is 14.8 Å². The first-order chi connectivity index (χ1) is 9.68. The van der Waals surface area contributed by atoms with Crippen LogP contribution in [0.1, 0.15) is 54.7 Å². The van der Waals surface area contributed by atoms with E-state index < -0.39 is 0 Å². The molecule has 0 amide bonds. The van der Waals surface area contributed by atoms with E-state index in [1.807, 2.05) is 37.3 Å². The quantitative estimate of drug-likeness (QED) is 0.880. The van der Waals surface area contributed by atoms with Crippen LogP contribution in [-0.2, 0) is 4.74 Å². The maximum Gasteiger partial charge on any atom is 0.200 e. The first-order valence-corrected chi connectivity index (χ1v) is 7.04. The van der Waals surface area contributed by atoms with Crippen LogP contribution in [0.3, 0.4) is 0 Å². The number of hydrogen-bond acceptors (Lipinski definition) is 3. The van der Waals surface area contributed by atoms with E-state index in [0.29, 0.717) is 0 Å². The highest BCUT2D eigenvalue weighted by Crippen LogP contribution is 2.58. The van der Waals surface area contributed by atoms with Gasteiger partial charge in [-0.2, -0.15) is 0 Å². The predicted octanol–water partition coefficient (Wildman–Crippen LogP) is 3.41. The summed E-state index contributed by atoms with van der Waals surface area (Å²) in [5, 5.41) is 21.0. The molecule has 0 radical (unpaired) electrons. The van der Waals surface area contributed by atoms with Crippen molar-refractivity contribution in [1.82, 2.24) is 4.57 Å². The number of benzene rings is 1. The summed E-state index contributed by atoms with van der Waals surface area (Å²) < 4.78 is 7.37. The second-order valence-electron chi connectivity index (χ2n) is 5.62. The Morgan fingerprint density at radius 1 is 1.05 bits per heavy atom. The van der Waals surface area contributed by atoms with Crippen molar-refractivity contribution in [1.29, 1.82) is 0 Å². The van der Waals surface area contributed by atoms with Crippen LogP contribution in [0, 0.1) is 0 Å². The zero-order valence-corrected chi connectivity index (χ0v) is 11.3. The Labute approximate surface area is 117 Å². The van der Waals surface area contributed by atoms with Crippen LogP contribution in [0.15, 0.2) is 30.3 Å². The number of aromatic nitrogens is 1. The third-order valence-corrected chi connectivity index (χ3v) is 4.56. The molecule has 4 rings (SSSR count). The van der Waals surface area contributed by atoms with Crippen LogP contribution < -0.4 is 0 Å². The summed E-state index contributed by atoms with van der Waals surface area (Å²) in [5.74, 6) is 0.308. The maximum atomic E-state index is 10.5. The van der Waals surface area contributed by atoms with Gasteiger partial charge in [0.05, 0.1) is 29.4 Å². The summed E-state index contributed by atoms with van der Waals surface area (Å²) in [5.41, 5.74) is 2.64. The van der Waals surface area contributed by atoms with Crippen molar-refractivity contribution in [3.05, 3.63) is 47.0 Å². The standard InChI is InChI=1S/C16H17NO3/c1-9(10-5-3-2-4-6-10)17-15(18)13-11-7-8-12(20-11)14(13)16(17)19/h2-6,9,11-12,18-19H,7-8H2,1H3. The smallest absolute Gasteiger partial charge is 0.200 e. The van der Waals surface area contributed by atoms with Gasteiger partial charge in [-0.1, -0.05) is 30.3 Å². The van der Waals surface area contributed by atoms with Crippen LogP contribution in [0.2, 0.25) is 0 Å². The highest BCUT2D eigenvalue weighted by molar-refractivity contribution is 5.53. The summed E-state index contributed by atoms with van der Waals surface area (Å²) in [6.45, 7) is 1.98. The minimum Gasteiger partial charge on any atom is -0.494 e. The molecule has 104 valence electrons. The number of ether oxygens (including phenoxy) is 1. The Morgan fingerprint density at radius 3 is 2.15 bits per heavy atom. The molecule has 2 bridgehead atoms. The van der Waals surface area contributed by atoms with Gasteiger partial charge in [-0.25, -0.2) is 0 Å². The van der Waals surface area contributed by atoms with Crippen molar-refractivity contribution in [3.8, 4) is 11.8 Å². The normalized spacial score (nSPS) is 24.9. The van der Waals surface area contributed by atoms with E-state index >= 15 is 0 Å². The first-order valence-electron chi connectivity index (χ1n) is 7.04. The molecule has 0 saturated carbocycles. The molecule has 3 unspecified atom stereocenters. The van der Waals surface area contributed by atoms with E-state index in [9.17, 15) is 10.2 Å². The van der Waals surface area contributed by atoms with Gasteiger partial charge in [-0.05, 0) is 25.3 Å². The van der Waals surface area contributed by atoms with Crippen LogP contribution >= 0.6 is 0 Å². The van der Waals surface area contributed by atoms with Crippen LogP contribution in [0.5, 0.6) is 11.8 Å². The van der Waals surface area contributed by atoms with Crippen molar-refractivity contribution < 1.29 is 14.9 Å². The second kappa shape index (κ2) is 4.03. The van der Waals surface area contributed by atoms with E-state index in [1.54, 1.807) is 4.57 Å². The maximum absolute atomic E-state index is 10.5. The predicted molar refractivity (Wildman–Crippen MR) is 73.8 cm³/mol. The molecule has 20 heavy (non-hydrogen) atoms. The highest BCUT2D eigenvalue weighted by Gasteiger charge is 2.45. The fourth-order valence-electron chi connectivity index (χ4n) is 3.54. The van der Waals surface area contributed by atoms with Gasteiger partial charge < -0.3 is 14.9 Å². The van der Waals surface area contributed by atoms with Gasteiger partial charge in [-0.15, -0.1) is 0 Å². The second-order valence-corrected chi connectivity index (χ2v) is 5.62. The minimum absolute atomic E-state index is 0.0508. The Kier molecular flexibility index (Phi) is 2.39. The fourth-order valence-corrected chi connectivity index (χ4v) is 3.54. The van der Waals surface area contributed by atoms with Gasteiger partial charge in [0.1, 0.15) is 0 Å². The largest absolute Gasteiger partial charge is 0.494 e.